The maximum Gasteiger partial charge on any atom is 0.324 e. The van der Waals surface area contributed by atoms with Gasteiger partial charge in [0.2, 0.25) is 0 Å². The highest BCUT2D eigenvalue weighted by atomic mass is 16.5. The lowest BCUT2D eigenvalue weighted by atomic mass is 9.99. The van der Waals surface area contributed by atoms with Gasteiger partial charge < -0.3 is 4.74 Å². The lowest BCUT2D eigenvalue weighted by Crippen LogP contribution is -2.36. The van der Waals surface area contributed by atoms with Crippen molar-refractivity contribution in [2.24, 2.45) is 0 Å². The molecule has 4 nitrogen and oxygen atoms in total. The molecule has 0 spiro atoms. The number of rotatable bonds is 2. The molecule has 1 saturated heterocycles. The van der Waals surface area contributed by atoms with E-state index in [-0.39, 0.29) is 18.1 Å². The first-order chi connectivity index (χ1) is 9.28. The summed E-state index contributed by atoms with van der Waals surface area (Å²) in [6.07, 6.45) is 0.699. The van der Waals surface area contributed by atoms with Gasteiger partial charge in [-0.15, -0.1) is 0 Å². The molecular weight excluding hydrogens is 240 g/mol. The van der Waals surface area contributed by atoms with Crippen molar-refractivity contribution in [3.05, 3.63) is 48.0 Å². The summed E-state index contributed by atoms with van der Waals surface area (Å²) in [6.45, 7) is 0. The van der Waals surface area contributed by atoms with Crippen LogP contribution in [-0.2, 0) is 9.53 Å². The largest absolute Gasteiger partial charge is 0.468 e. The summed E-state index contributed by atoms with van der Waals surface area (Å²) in [5, 5.41) is 2.44. The number of carbonyl (C=O) groups excluding carboxylic acids is 1. The molecule has 0 saturated carbocycles. The Morgan fingerprint density at radius 2 is 1.95 bits per heavy atom. The Balaban J connectivity index is 1.83. The zero-order valence-corrected chi connectivity index (χ0v) is 10.7. The molecular formula is C15H16N2O2. The van der Waals surface area contributed by atoms with Gasteiger partial charge in [0.25, 0.3) is 0 Å². The monoisotopic (exact) mass is 256 g/mol. The van der Waals surface area contributed by atoms with Gasteiger partial charge in [-0.05, 0) is 28.8 Å². The van der Waals surface area contributed by atoms with Gasteiger partial charge in [-0.1, -0.05) is 36.4 Å². The highest BCUT2D eigenvalue weighted by Gasteiger charge is 2.30. The topological polar surface area (TPSA) is 50.4 Å². The van der Waals surface area contributed by atoms with Crippen LogP contribution in [0.2, 0.25) is 0 Å². The second-order valence-electron chi connectivity index (χ2n) is 4.76. The maximum absolute atomic E-state index is 11.5. The molecule has 1 heterocycles. The number of hydrogen-bond acceptors (Lipinski definition) is 4. The molecule has 4 heteroatoms. The summed E-state index contributed by atoms with van der Waals surface area (Å²) in [4.78, 5) is 11.5. The minimum Gasteiger partial charge on any atom is -0.468 e. The van der Waals surface area contributed by atoms with Crippen LogP contribution in [0.3, 0.4) is 0 Å². The van der Waals surface area contributed by atoms with Gasteiger partial charge in [-0.25, -0.2) is 10.9 Å². The number of esters is 1. The van der Waals surface area contributed by atoms with Gasteiger partial charge in [0, 0.05) is 6.04 Å². The standard InChI is InChI=1S/C15H16N2O2/c1-19-15(18)14-9-13(16-17-14)12-7-6-10-4-2-3-5-11(10)8-12/h2-8,13-14,16-17H,9H2,1H3. The molecule has 0 aliphatic carbocycles. The smallest absolute Gasteiger partial charge is 0.324 e. The molecule has 2 atom stereocenters. The van der Waals surface area contributed by atoms with Crippen LogP contribution in [0, 0.1) is 0 Å². The molecule has 2 unspecified atom stereocenters. The summed E-state index contributed by atoms with van der Waals surface area (Å²) < 4.78 is 4.75. The van der Waals surface area contributed by atoms with Crippen molar-refractivity contribution in [3.8, 4) is 0 Å². The zero-order chi connectivity index (χ0) is 13.2. The fourth-order valence-electron chi connectivity index (χ4n) is 2.50. The van der Waals surface area contributed by atoms with Crippen LogP contribution in [0.5, 0.6) is 0 Å². The van der Waals surface area contributed by atoms with Gasteiger partial charge >= 0.3 is 5.97 Å². The third-order valence-corrected chi connectivity index (χ3v) is 3.56. The van der Waals surface area contributed by atoms with Crippen LogP contribution in [0.1, 0.15) is 18.0 Å². The lowest BCUT2D eigenvalue weighted by Gasteiger charge is -2.10. The first-order valence-electron chi connectivity index (χ1n) is 6.35. The van der Waals surface area contributed by atoms with E-state index in [1.807, 2.05) is 12.1 Å². The van der Waals surface area contributed by atoms with Gasteiger partial charge in [0.15, 0.2) is 0 Å². The molecule has 0 amide bonds. The summed E-state index contributed by atoms with van der Waals surface area (Å²) in [6, 6.07) is 14.5. The van der Waals surface area contributed by atoms with Gasteiger partial charge in [0.05, 0.1) is 7.11 Å². The fraction of sp³-hybridized carbons (Fsp3) is 0.267. The van der Waals surface area contributed by atoms with Crippen molar-refractivity contribution < 1.29 is 9.53 Å². The van der Waals surface area contributed by atoms with Gasteiger partial charge in [-0.3, -0.25) is 4.79 Å². The number of hydrogen-bond donors (Lipinski definition) is 2. The number of hydrazine groups is 1. The Morgan fingerprint density at radius 1 is 1.16 bits per heavy atom. The molecule has 1 aliphatic heterocycles. The van der Waals surface area contributed by atoms with Crippen molar-refractivity contribution in [3.63, 3.8) is 0 Å². The highest BCUT2D eigenvalue weighted by molar-refractivity contribution is 5.83. The van der Waals surface area contributed by atoms with Crippen molar-refractivity contribution in [1.29, 1.82) is 0 Å². The number of carbonyl (C=O) groups is 1. The fourth-order valence-corrected chi connectivity index (χ4v) is 2.50. The quantitative estimate of drug-likeness (QED) is 0.806. The highest BCUT2D eigenvalue weighted by Crippen LogP contribution is 2.25. The van der Waals surface area contributed by atoms with Crippen molar-refractivity contribution in [2.75, 3.05) is 7.11 Å². The summed E-state index contributed by atoms with van der Waals surface area (Å²) in [7, 11) is 1.41. The SMILES string of the molecule is COC(=O)C1CC(c2ccc3ccccc3c2)NN1. The van der Waals surface area contributed by atoms with Crippen LogP contribution < -0.4 is 10.9 Å². The van der Waals surface area contributed by atoms with Crippen LogP contribution in [0.25, 0.3) is 10.8 Å². The average molecular weight is 256 g/mol. The van der Waals surface area contributed by atoms with E-state index < -0.39 is 0 Å². The molecule has 0 radical (unpaired) electrons. The molecule has 1 aliphatic rings. The van der Waals surface area contributed by atoms with E-state index in [0.717, 1.165) is 0 Å². The van der Waals surface area contributed by atoms with E-state index >= 15 is 0 Å². The van der Waals surface area contributed by atoms with E-state index in [9.17, 15) is 4.79 Å². The third-order valence-electron chi connectivity index (χ3n) is 3.56. The third kappa shape index (κ3) is 2.32. The summed E-state index contributed by atoms with van der Waals surface area (Å²) in [5.74, 6) is -0.226. The molecule has 2 N–H and O–H groups in total. The number of ether oxygens (including phenoxy) is 1. The van der Waals surface area contributed by atoms with Crippen LogP contribution in [0.15, 0.2) is 42.5 Å². The van der Waals surface area contributed by atoms with E-state index in [1.165, 1.54) is 23.4 Å². The molecule has 2 aromatic rings. The van der Waals surface area contributed by atoms with Gasteiger partial charge in [0.1, 0.15) is 6.04 Å². The molecule has 3 rings (SSSR count). The lowest BCUT2D eigenvalue weighted by molar-refractivity contribution is -0.142. The molecule has 98 valence electrons. The van der Waals surface area contributed by atoms with E-state index in [2.05, 4.69) is 41.2 Å². The van der Waals surface area contributed by atoms with Gasteiger partial charge in [-0.2, -0.15) is 0 Å². The van der Waals surface area contributed by atoms with Crippen LogP contribution >= 0.6 is 0 Å². The molecule has 1 fully saturated rings. The molecule has 0 aromatic heterocycles. The summed E-state index contributed by atoms with van der Waals surface area (Å²) >= 11 is 0. The first-order valence-corrected chi connectivity index (χ1v) is 6.35. The second-order valence-corrected chi connectivity index (χ2v) is 4.76. The van der Waals surface area contributed by atoms with Crippen molar-refractivity contribution >= 4 is 16.7 Å². The van der Waals surface area contributed by atoms with Crippen LogP contribution in [-0.4, -0.2) is 19.1 Å². The first kappa shape index (κ1) is 12.1. The maximum atomic E-state index is 11.5. The Hall–Kier alpha value is -1.91. The molecule has 0 bridgehead atoms. The second kappa shape index (κ2) is 4.99. The van der Waals surface area contributed by atoms with Crippen molar-refractivity contribution in [2.45, 2.75) is 18.5 Å². The minimum absolute atomic E-state index is 0.133. The normalized spacial score (nSPS) is 22.6. The molecule has 19 heavy (non-hydrogen) atoms. The number of benzene rings is 2. The Bertz CT molecular complexity index is 612. The van der Waals surface area contributed by atoms with Crippen LogP contribution in [0.4, 0.5) is 0 Å². The van der Waals surface area contributed by atoms with E-state index in [4.69, 9.17) is 4.74 Å². The zero-order valence-electron chi connectivity index (χ0n) is 10.7. The predicted molar refractivity (Wildman–Crippen MR) is 73.4 cm³/mol. The van der Waals surface area contributed by atoms with Crippen molar-refractivity contribution in [1.82, 2.24) is 10.9 Å². The van der Waals surface area contributed by atoms with E-state index in [0.29, 0.717) is 6.42 Å². The number of methoxy groups -OCH3 is 1. The Labute approximate surface area is 111 Å². The number of nitrogens with one attached hydrogen (secondary N) is 2. The summed E-state index contributed by atoms with van der Waals surface area (Å²) in [5.41, 5.74) is 7.31. The minimum atomic E-state index is -0.276. The van der Waals surface area contributed by atoms with E-state index in [1.54, 1.807) is 0 Å². The average Bonchev–Trinajstić information content (AvgIpc) is 2.95. The predicted octanol–water partition coefficient (Wildman–Crippen LogP) is 1.92. The molecule has 2 aromatic carbocycles. The Morgan fingerprint density at radius 3 is 2.74 bits per heavy atom. The number of fused-ring (bicyclic) bond motifs is 1. The Kier molecular flexibility index (Phi) is 3.19.